The van der Waals surface area contributed by atoms with Crippen molar-refractivity contribution in [3.63, 3.8) is 0 Å². The Labute approximate surface area is 88.8 Å². The van der Waals surface area contributed by atoms with Crippen LogP contribution in [0.2, 0.25) is 0 Å². The first-order chi connectivity index (χ1) is 7.58. The van der Waals surface area contributed by atoms with Gasteiger partial charge in [0.2, 0.25) is 0 Å². The van der Waals surface area contributed by atoms with Crippen LogP contribution in [0.4, 0.5) is 8.78 Å². The van der Waals surface area contributed by atoms with E-state index in [1.807, 2.05) is 0 Å². The van der Waals surface area contributed by atoms with E-state index in [4.69, 9.17) is 0 Å². The van der Waals surface area contributed by atoms with Crippen LogP contribution in [-0.2, 0) is 6.54 Å². The van der Waals surface area contributed by atoms with E-state index in [0.717, 1.165) is 10.9 Å². The normalized spacial score (nSPS) is 11.2. The molecule has 1 aromatic heterocycles. The Balaban J connectivity index is 2.64. The molecule has 0 amide bonds. The molecule has 0 fully saturated rings. The van der Waals surface area contributed by atoms with Crippen LogP contribution in [0.3, 0.4) is 0 Å². The molecule has 0 spiro atoms. The molecule has 0 atom stereocenters. The van der Waals surface area contributed by atoms with Gasteiger partial charge in [-0.2, -0.15) is 0 Å². The highest BCUT2D eigenvalue weighted by molar-refractivity contribution is 5.78. The monoisotopic (exact) mass is 226 g/mol. The summed E-state index contributed by atoms with van der Waals surface area (Å²) >= 11 is 0. The average molecular weight is 226 g/mol. The van der Waals surface area contributed by atoms with Crippen molar-refractivity contribution in [2.24, 2.45) is 0 Å². The topological polar surface area (TPSA) is 55.1 Å². The summed E-state index contributed by atoms with van der Waals surface area (Å²) in [6, 6.07) is 4.05. The molecule has 0 unspecified atom stereocenters. The molecule has 0 saturated carbocycles. The maximum Gasteiger partial charge on any atom is 0.261 e. The highest BCUT2D eigenvalue weighted by Crippen LogP contribution is 2.14. The van der Waals surface area contributed by atoms with Gasteiger partial charge in [-0.1, -0.05) is 0 Å². The highest BCUT2D eigenvalue weighted by atomic mass is 19.3. The standard InChI is InChI=1S/C10H8F2N2O2/c11-9(12)4-14-5-13-8-2-1-6(15)3-7(8)10(14)16/h1-3,5,9,15H,4H2. The smallest absolute Gasteiger partial charge is 0.261 e. The fraction of sp³-hybridized carbons (Fsp3) is 0.200. The van der Waals surface area contributed by atoms with Crippen molar-refractivity contribution in [3.8, 4) is 5.75 Å². The fourth-order valence-electron chi connectivity index (χ4n) is 1.43. The molecule has 0 radical (unpaired) electrons. The predicted octanol–water partition coefficient (Wildman–Crippen LogP) is 1.37. The van der Waals surface area contributed by atoms with Crippen molar-refractivity contribution >= 4 is 10.9 Å². The molecular formula is C10H8F2N2O2. The van der Waals surface area contributed by atoms with E-state index < -0.39 is 18.5 Å². The molecule has 0 aliphatic carbocycles. The average Bonchev–Trinajstić information content (AvgIpc) is 2.22. The minimum Gasteiger partial charge on any atom is -0.508 e. The summed E-state index contributed by atoms with van der Waals surface area (Å²) in [5.74, 6) is -0.0961. The minimum atomic E-state index is -2.62. The van der Waals surface area contributed by atoms with Crippen molar-refractivity contribution in [3.05, 3.63) is 34.9 Å². The number of hydrogen-bond donors (Lipinski definition) is 1. The van der Waals surface area contributed by atoms with Gasteiger partial charge in [0, 0.05) is 0 Å². The van der Waals surface area contributed by atoms with Gasteiger partial charge in [-0.15, -0.1) is 0 Å². The maximum absolute atomic E-state index is 12.1. The zero-order valence-corrected chi connectivity index (χ0v) is 8.10. The molecule has 1 heterocycles. The molecule has 6 heteroatoms. The molecule has 2 aromatic rings. The molecule has 84 valence electrons. The largest absolute Gasteiger partial charge is 0.508 e. The van der Waals surface area contributed by atoms with Gasteiger partial charge in [-0.3, -0.25) is 9.36 Å². The summed E-state index contributed by atoms with van der Waals surface area (Å²) in [6.45, 7) is -0.697. The Bertz CT molecular complexity index is 581. The third-order valence-electron chi connectivity index (χ3n) is 2.14. The van der Waals surface area contributed by atoms with Crippen LogP contribution in [0.15, 0.2) is 29.3 Å². The molecular weight excluding hydrogens is 218 g/mol. The third-order valence-corrected chi connectivity index (χ3v) is 2.14. The lowest BCUT2D eigenvalue weighted by Crippen LogP contribution is -2.23. The van der Waals surface area contributed by atoms with Gasteiger partial charge in [0.1, 0.15) is 5.75 Å². The first-order valence-corrected chi connectivity index (χ1v) is 4.54. The van der Waals surface area contributed by atoms with E-state index in [-0.39, 0.29) is 11.1 Å². The number of aromatic hydroxyl groups is 1. The molecule has 1 aromatic carbocycles. The zero-order valence-electron chi connectivity index (χ0n) is 8.10. The van der Waals surface area contributed by atoms with Gasteiger partial charge in [0.05, 0.1) is 23.8 Å². The lowest BCUT2D eigenvalue weighted by atomic mass is 10.2. The number of hydrogen-bond acceptors (Lipinski definition) is 3. The minimum absolute atomic E-state index is 0.0961. The van der Waals surface area contributed by atoms with Gasteiger partial charge < -0.3 is 5.11 Å². The van der Waals surface area contributed by atoms with Crippen molar-refractivity contribution in [2.75, 3.05) is 0 Å². The van der Waals surface area contributed by atoms with E-state index in [2.05, 4.69) is 4.98 Å². The number of benzene rings is 1. The molecule has 2 rings (SSSR count). The number of halogens is 2. The molecule has 4 nitrogen and oxygen atoms in total. The summed E-state index contributed by atoms with van der Waals surface area (Å²) in [4.78, 5) is 15.5. The van der Waals surface area contributed by atoms with E-state index in [0.29, 0.717) is 5.52 Å². The van der Waals surface area contributed by atoms with Crippen molar-refractivity contribution in [2.45, 2.75) is 13.0 Å². The van der Waals surface area contributed by atoms with E-state index in [9.17, 15) is 18.7 Å². The first-order valence-electron chi connectivity index (χ1n) is 4.54. The van der Waals surface area contributed by atoms with E-state index in [1.54, 1.807) is 0 Å². The third kappa shape index (κ3) is 1.86. The Morgan fingerprint density at radius 2 is 2.19 bits per heavy atom. The van der Waals surface area contributed by atoms with Crippen LogP contribution in [0.5, 0.6) is 5.75 Å². The second-order valence-corrected chi connectivity index (χ2v) is 3.29. The molecule has 0 saturated heterocycles. The Morgan fingerprint density at radius 3 is 2.88 bits per heavy atom. The van der Waals surface area contributed by atoms with Crippen molar-refractivity contribution < 1.29 is 13.9 Å². The summed E-state index contributed by atoms with van der Waals surface area (Å²) in [5, 5.41) is 9.33. The molecule has 1 N–H and O–H groups in total. The Kier molecular flexibility index (Phi) is 2.55. The number of rotatable bonds is 2. The number of phenols is 1. The number of alkyl halides is 2. The van der Waals surface area contributed by atoms with Gasteiger partial charge in [-0.05, 0) is 18.2 Å². The molecule has 0 aliphatic heterocycles. The van der Waals surface area contributed by atoms with Crippen molar-refractivity contribution in [1.29, 1.82) is 0 Å². The Morgan fingerprint density at radius 1 is 1.44 bits per heavy atom. The molecule has 16 heavy (non-hydrogen) atoms. The van der Waals surface area contributed by atoms with Crippen LogP contribution >= 0.6 is 0 Å². The van der Waals surface area contributed by atoms with Crippen LogP contribution in [0.1, 0.15) is 0 Å². The fourth-order valence-corrected chi connectivity index (χ4v) is 1.43. The SMILES string of the molecule is O=c1c2cc(O)ccc2ncn1CC(F)F. The lowest BCUT2D eigenvalue weighted by Gasteiger charge is -2.05. The van der Waals surface area contributed by atoms with Crippen LogP contribution in [0, 0.1) is 0 Å². The highest BCUT2D eigenvalue weighted by Gasteiger charge is 2.09. The molecule has 0 bridgehead atoms. The predicted molar refractivity (Wildman–Crippen MR) is 53.7 cm³/mol. The van der Waals surface area contributed by atoms with Crippen LogP contribution < -0.4 is 5.56 Å². The zero-order chi connectivity index (χ0) is 11.7. The van der Waals surface area contributed by atoms with E-state index in [1.165, 1.54) is 18.2 Å². The quantitative estimate of drug-likeness (QED) is 0.841. The van der Waals surface area contributed by atoms with E-state index >= 15 is 0 Å². The summed E-state index contributed by atoms with van der Waals surface area (Å²) in [5.41, 5.74) is -0.213. The van der Waals surface area contributed by atoms with Crippen LogP contribution in [0.25, 0.3) is 10.9 Å². The first kappa shape index (κ1) is 10.5. The second kappa shape index (κ2) is 3.88. The maximum atomic E-state index is 12.1. The summed E-state index contributed by atoms with van der Waals surface area (Å²) < 4.78 is 25.1. The summed E-state index contributed by atoms with van der Waals surface area (Å²) in [7, 11) is 0. The number of aromatic nitrogens is 2. The summed E-state index contributed by atoms with van der Waals surface area (Å²) in [6.07, 6.45) is -1.54. The van der Waals surface area contributed by atoms with Crippen molar-refractivity contribution in [1.82, 2.24) is 9.55 Å². The number of nitrogens with zero attached hydrogens (tertiary/aromatic N) is 2. The second-order valence-electron chi connectivity index (χ2n) is 3.29. The van der Waals surface area contributed by atoms with Gasteiger partial charge in [0.15, 0.2) is 0 Å². The number of phenolic OH excluding ortho intramolecular Hbond substituents is 1. The van der Waals surface area contributed by atoms with Gasteiger partial charge >= 0.3 is 0 Å². The molecule has 0 aliphatic rings. The van der Waals surface area contributed by atoms with Gasteiger partial charge in [-0.25, -0.2) is 13.8 Å². The van der Waals surface area contributed by atoms with Crippen LogP contribution in [-0.4, -0.2) is 21.1 Å². The lowest BCUT2D eigenvalue weighted by molar-refractivity contribution is 0.125. The van der Waals surface area contributed by atoms with Gasteiger partial charge in [0.25, 0.3) is 12.0 Å². The Hall–Kier alpha value is -1.98. The number of fused-ring (bicyclic) bond motifs is 1.